The van der Waals surface area contributed by atoms with Crippen molar-refractivity contribution in [2.24, 2.45) is 16.6 Å². The maximum atomic E-state index is 5.86. The maximum absolute atomic E-state index is 5.86. The van der Waals surface area contributed by atoms with Crippen LogP contribution in [0, 0.1) is 0 Å². The van der Waals surface area contributed by atoms with Gasteiger partial charge in [-0.2, -0.15) is 0 Å². The molecule has 0 heterocycles. The van der Waals surface area contributed by atoms with Crippen molar-refractivity contribution in [1.29, 1.82) is 0 Å². The van der Waals surface area contributed by atoms with E-state index in [1.54, 1.807) is 6.07 Å². The summed E-state index contributed by atoms with van der Waals surface area (Å²) in [5.74, 6) is 5.27. The molecule has 0 saturated carbocycles. The van der Waals surface area contributed by atoms with Crippen LogP contribution in [0.4, 0.5) is 0 Å². The Morgan fingerprint density at radius 3 is 2.67 bits per heavy atom. The van der Waals surface area contributed by atoms with Crippen LogP contribution in [-0.2, 0) is 6.42 Å². The molecule has 4 nitrogen and oxygen atoms in total. The largest absolute Gasteiger partial charge is 0.369 e. The standard InChI is InChI=1S/C9H12Cl2N4/c10-7-2-1-6(5-8(7)11)3-4-14-9(12)15-13/h1-2,5H,3-4,13H2,(H3,12,14,15). The minimum absolute atomic E-state index is 0.218. The summed E-state index contributed by atoms with van der Waals surface area (Å²) in [6, 6.07) is 5.47. The molecule has 0 unspecified atom stereocenters. The van der Waals surface area contributed by atoms with E-state index in [4.69, 9.17) is 34.8 Å². The van der Waals surface area contributed by atoms with Crippen molar-refractivity contribution >= 4 is 29.2 Å². The van der Waals surface area contributed by atoms with Crippen molar-refractivity contribution in [3.63, 3.8) is 0 Å². The molecule has 0 aromatic heterocycles. The van der Waals surface area contributed by atoms with Gasteiger partial charge in [0, 0.05) is 6.54 Å². The average molecular weight is 247 g/mol. The van der Waals surface area contributed by atoms with Crippen LogP contribution in [0.25, 0.3) is 0 Å². The fraction of sp³-hybridized carbons (Fsp3) is 0.222. The molecule has 0 fully saturated rings. The summed E-state index contributed by atoms with van der Waals surface area (Å²) >= 11 is 11.6. The normalized spacial score (nSPS) is 11.5. The molecule has 1 aromatic rings. The van der Waals surface area contributed by atoms with Crippen molar-refractivity contribution in [3.05, 3.63) is 33.8 Å². The highest BCUT2D eigenvalue weighted by molar-refractivity contribution is 6.42. The summed E-state index contributed by atoms with van der Waals surface area (Å²) in [6.07, 6.45) is 0.735. The van der Waals surface area contributed by atoms with Crippen LogP contribution >= 0.6 is 23.2 Å². The summed E-state index contributed by atoms with van der Waals surface area (Å²) in [7, 11) is 0. The van der Waals surface area contributed by atoms with Crippen LogP contribution < -0.4 is 17.0 Å². The van der Waals surface area contributed by atoms with Crippen LogP contribution in [0.5, 0.6) is 0 Å². The Morgan fingerprint density at radius 1 is 1.33 bits per heavy atom. The molecule has 0 aliphatic rings. The monoisotopic (exact) mass is 246 g/mol. The van der Waals surface area contributed by atoms with Crippen LogP contribution in [-0.4, -0.2) is 12.5 Å². The number of nitrogens with one attached hydrogen (secondary N) is 1. The molecule has 1 aromatic carbocycles. The number of hydrazine groups is 1. The lowest BCUT2D eigenvalue weighted by Crippen LogP contribution is -2.37. The Hall–Kier alpha value is -0.970. The van der Waals surface area contributed by atoms with Gasteiger partial charge in [-0.3, -0.25) is 10.4 Å². The van der Waals surface area contributed by atoms with Crippen molar-refractivity contribution in [2.45, 2.75) is 6.42 Å². The minimum Gasteiger partial charge on any atom is -0.369 e. The number of rotatable bonds is 3. The van der Waals surface area contributed by atoms with Gasteiger partial charge in [-0.15, -0.1) is 0 Å². The SMILES string of the molecule is NNC(N)=NCCc1ccc(Cl)c(Cl)c1. The molecule has 0 spiro atoms. The smallest absolute Gasteiger partial charge is 0.203 e. The summed E-state index contributed by atoms with van der Waals surface area (Å²) < 4.78 is 0. The second kappa shape index (κ2) is 5.80. The number of benzene rings is 1. The van der Waals surface area contributed by atoms with Crippen molar-refractivity contribution in [3.8, 4) is 0 Å². The molecule has 15 heavy (non-hydrogen) atoms. The van der Waals surface area contributed by atoms with Gasteiger partial charge in [0.15, 0.2) is 0 Å². The van der Waals surface area contributed by atoms with E-state index in [0.29, 0.717) is 16.6 Å². The first-order valence-corrected chi connectivity index (χ1v) is 5.09. The van der Waals surface area contributed by atoms with Crippen molar-refractivity contribution in [2.75, 3.05) is 6.54 Å². The maximum Gasteiger partial charge on any atom is 0.203 e. The average Bonchev–Trinajstić information content (AvgIpc) is 2.23. The predicted octanol–water partition coefficient (Wildman–Crippen LogP) is 1.31. The second-order valence-electron chi connectivity index (χ2n) is 2.91. The number of aliphatic imine (C=N–C) groups is 1. The van der Waals surface area contributed by atoms with E-state index in [1.165, 1.54) is 0 Å². The zero-order valence-corrected chi connectivity index (χ0v) is 9.52. The van der Waals surface area contributed by atoms with Gasteiger partial charge in [-0.1, -0.05) is 29.3 Å². The summed E-state index contributed by atoms with van der Waals surface area (Å²) in [5, 5.41) is 1.09. The highest BCUT2D eigenvalue weighted by atomic mass is 35.5. The molecule has 5 N–H and O–H groups in total. The quantitative estimate of drug-likeness (QED) is 0.326. The van der Waals surface area contributed by atoms with Crippen molar-refractivity contribution in [1.82, 2.24) is 5.43 Å². The Labute approximate surface area is 98.2 Å². The van der Waals surface area contributed by atoms with E-state index >= 15 is 0 Å². The number of nitrogens with two attached hydrogens (primary N) is 2. The van der Waals surface area contributed by atoms with E-state index in [0.717, 1.165) is 12.0 Å². The van der Waals surface area contributed by atoms with Gasteiger partial charge in [0.05, 0.1) is 10.0 Å². The molecule has 0 aliphatic heterocycles. The Kier molecular flexibility index (Phi) is 4.68. The fourth-order valence-electron chi connectivity index (χ4n) is 1.05. The molecule has 82 valence electrons. The second-order valence-corrected chi connectivity index (χ2v) is 3.72. The van der Waals surface area contributed by atoms with Gasteiger partial charge in [-0.25, -0.2) is 5.84 Å². The molecule has 6 heteroatoms. The molecule has 0 aliphatic carbocycles. The number of halogens is 2. The fourth-order valence-corrected chi connectivity index (χ4v) is 1.37. The van der Waals surface area contributed by atoms with Gasteiger partial charge in [0.1, 0.15) is 0 Å². The molecule has 0 bridgehead atoms. The lowest BCUT2D eigenvalue weighted by atomic mass is 10.1. The Morgan fingerprint density at radius 2 is 2.07 bits per heavy atom. The highest BCUT2D eigenvalue weighted by Gasteiger charge is 1.99. The van der Waals surface area contributed by atoms with Gasteiger partial charge < -0.3 is 5.73 Å². The van der Waals surface area contributed by atoms with Gasteiger partial charge in [0.25, 0.3) is 0 Å². The summed E-state index contributed by atoms with van der Waals surface area (Å²) in [5.41, 5.74) is 8.66. The molecular weight excluding hydrogens is 235 g/mol. The first-order chi connectivity index (χ1) is 7.13. The summed E-state index contributed by atoms with van der Waals surface area (Å²) in [4.78, 5) is 3.97. The van der Waals surface area contributed by atoms with Gasteiger partial charge in [-0.05, 0) is 24.1 Å². The number of hydrogen-bond acceptors (Lipinski definition) is 2. The van der Waals surface area contributed by atoms with E-state index in [1.807, 2.05) is 12.1 Å². The predicted molar refractivity (Wildman–Crippen MR) is 64.0 cm³/mol. The topological polar surface area (TPSA) is 76.4 Å². The van der Waals surface area contributed by atoms with Crippen LogP contribution in [0.3, 0.4) is 0 Å². The first kappa shape index (κ1) is 12.1. The number of hydrogen-bond donors (Lipinski definition) is 3. The van der Waals surface area contributed by atoms with Gasteiger partial charge >= 0.3 is 0 Å². The molecular formula is C9H12Cl2N4. The molecule has 0 radical (unpaired) electrons. The van der Waals surface area contributed by atoms with E-state index in [2.05, 4.69) is 10.4 Å². The molecule has 0 atom stereocenters. The van der Waals surface area contributed by atoms with E-state index in [-0.39, 0.29) is 5.96 Å². The molecule has 0 amide bonds. The number of guanidine groups is 1. The first-order valence-electron chi connectivity index (χ1n) is 4.34. The molecule has 0 saturated heterocycles. The number of nitrogens with zero attached hydrogens (tertiary/aromatic N) is 1. The zero-order chi connectivity index (χ0) is 11.3. The third-order valence-electron chi connectivity index (χ3n) is 1.81. The van der Waals surface area contributed by atoms with E-state index in [9.17, 15) is 0 Å². The van der Waals surface area contributed by atoms with E-state index < -0.39 is 0 Å². The van der Waals surface area contributed by atoms with Crippen LogP contribution in [0.2, 0.25) is 10.0 Å². The van der Waals surface area contributed by atoms with Crippen LogP contribution in [0.15, 0.2) is 23.2 Å². The van der Waals surface area contributed by atoms with Crippen molar-refractivity contribution < 1.29 is 0 Å². The highest BCUT2D eigenvalue weighted by Crippen LogP contribution is 2.22. The Bertz CT molecular complexity index is 365. The lowest BCUT2D eigenvalue weighted by Gasteiger charge is -2.02. The third-order valence-corrected chi connectivity index (χ3v) is 2.55. The Balaban J connectivity index is 2.55. The van der Waals surface area contributed by atoms with Gasteiger partial charge in [0.2, 0.25) is 5.96 Å². The third kappa shape index (κ3) is 3.95. The zero-order valence-electron chi connectivity index (χ0n) is 8.00. The lowest BCUT2D eigenvalue weighted by molar-refractivity contribution is 0.923. The molecule has 1 rings (SSSR count). The summed E-state index contributed by atoms with van der Waals surface area (Å²) in [6.45, 7) is 0.550. The minimum atomic E-state index is 0.218. The van der Waals surface area contributed by atoms with Crippen LogP contribution in [0.1, 0.15) is 5.56 Å².